The Bertz CT molecular complexity index is 455. The van der Waals surface area contributed by atoms with Crippen molar-refractivity contribution in [2.75, 3.05) is 0 Å². The summed E-state index contributed by atoms with van der Waals surface area (Å²) in [6.07, 6.45) is -1.75. The van der Waals surface area contributed by atoms with Crippen molar-refractivity contribution in [2.45, 2.75) is 58.2 Å². The predicted octanol–water partition coefficient (Wildman–Crippen LogP) is -0.184. The van der Waals surface area contributed by atoms with E-state index < -0.39 is 41.6 Å². The van der Waals surface area contributed by atoms with Crippen LogP contribution in [-0.4, -0.2) is 51.6 Å². The lowest BCUT2D eigenvalue weighted by atomic mass is 10.1. The van der Waals surface area contributed by atoms with Gasteiger partial charge in [-0.1, -0.05) is 0 Å². The van der Waals surface area contributed by atoms with Crippen LogP contribution in [0.5, 0.6) is 0 Å². The number of rotatable bonds is 6. The van der Waals surface area contributed by atoms with Crippen LogP contribution in [0.4, 0.5) is 4.79 Å². The molecule has 0 heterocycles. The van der Waals surface area contributed by atoms with Gasteiger partial charge in [0.05, 0.1) is 6.04 Å². The summed E-state index contributed by atoms with van der Waals surface area (Å²) in [5.41, 5.74) is 9.50. The molecule has 1 unspecified atom stereocenters. The molecule has 0 aliphatic rings. The zero-order valence-corrected chi connectivity index (χ0v) is 13.2. The number of carbonyl (C=O) groups excluding carboxylic acids is 3. The number of carboxylic acids is 1. The third kappa shape index (κ3) is 6.53. The number of nitrogens with two attached hydrogens (primary N) is 2. The zero-order valence-electron chi connectivity index (χ0n) is 13.2. The van der Waals surface area contributed by atoms with Crippen molar-refractivity contribution in [2.24, 2.45) is 11.5 Å². The fourth-order valence-electron chi connectivity index (χ4n) is 1.54. The molecule has 0 aromatic rings. The molecule has 5 N–H and O–H groups in total. The molecule has 0 aliphatic carbocycles. The van der Waals surface area contributed by atoms with E-state index in [4.69, 9.17) is 16.2 Å². The molecule has 126 valence electrons. The van der Waals surface area contributed by atoms with Gasteiger partial charge in [0.15, 0.2) is 0 Å². The third-order valence-electron chi connectivity index (χ3n) is 2.48. The van der Waals surface area contributed by atoms with E-state index in [-0.39, 0.29) is 12.8 Å². The van der Waals surface area contributed by atoms with E-state index in [1.54, 1.807) is 20.8 Å². The standard InChI is InChI=1S/C13H23N3O6/c1-7(14)10(18)16(12(21)22-13(2,3)4)8(11(19)20)5-6-9(15)17/h7-8H,5-6,14H2,1-4H3,(H2,15,17)(H,19,20)/t7?,8-/m1/s1. The van der Waals surface area contributed by atoms with Crippen LogP contribution in [0.1, 0.15) is 40.5 Å². The van der Waals surface area contributed by atoms with Gasteiger partial charge in [0.2, 0.25) is 11.8 Å². The first-order valence-corrected chi connectivity index (χ1v) is 6.69. The molecule has 2 atom stereocenters. The average molecular weight is 317 g/mol. The third-order valence-corrected chi connectivity index (χ3v) is 2.48. The largest absolute Gasteiger partial charge is 0.480 e. The van der Waals surface area contributed by atoms with E-state index in [0.29, 0.717) is 4.90 Å². The lowest BCUT2D eigenvalue weighted by molar-refractivity contribution is -0.150. The van der Waals surface area contributed by atoms with Crippen LogP contribution in [0.15, 0.2) is 0 Å². The van der Waals surface area contributed by atoms with Crippen molar-refractivity contribution >= 4 is 23.9 Å². The normalized spacial score (nSPS) is 13.9. The van der Waals surface area contributed by atoms with Crippen molar-refractivity contribution in [3.63, 3.8) is 0 Å². The van der Waals surface area contributed by atoms with Gasteiger partial charge in [0, 0.05) is 6.42 Å². The molecule has 0 aromatic heterocycles. The monoisotopic (exact) mass is 317 g/mol. The quantitative estimate of drug-likeness (QED) is 0.613. The maximum atomic E-state index is 12.1. The highest BCUT2D eigenvalue weighted by Gasteiger charge is 2.38. The van der Waals surface area contributed by atoms with E-state index in [1.807, 2.05) is 0 Å². The molecule has 9 nitrogen and oxygen atoms in total. The van der Waals surface area contributed by atoms with Crippen molar-refractivity contribution in [3.8, 4) is 0 Å². The highest BCUT2D eigenvalue weighted by Crippen LogP contribution is 2.16. The second-order valence-corrected chi connectivity index (χ2v) is 5.84. The highest BCUT2D eigenvalue weighted by molar-refractivity contribution is 5.98. The summed E-state index contributed by atoms with van der Waals surface area (Å²) < 4.78 is 5.04. The van der Waals surface area contributed by atoms with Gasteiger partial charge in [-0.2, -0.15) is 0 Å². The summed E-state index contributed by atoms with van der Waals surface area (Å²) in [5, 5.41) is 9.24. The molecule has 0 radical (unpaired) electrons. The Morgan fingerprint density at radius 2 is 1.73 bits per heavy atom. The fourth-order valence-corrected chi connectivity index (χ4v) is 1.54. The lowest BCUT2D eigenvalue weighted by Gasteiger charge is -2.30. The minimum Gasteiger partial charge on any atom is -0.480 e. The van der Waals surface area contributed by atoms with Gasteiger partial charge in [0.25, 0.3) is 0 Å². The number of carbonyl (C=O) groups is 4. The van der Waals surface area contributed by atoms with Gasteiger partial charge >= 0.3 is 12.1 Å². The van der Waals surface area contributed by atoms with E-state index in [1.165, 1.54) is 6.92 Å². The van der Waals surface area contributed by atoms with Gasteiger partial charge in [-0.25, -0.2) is 14.5 Å². The first-order chi connectivity index (χ1) is 9.86. The molecule has 0 aliphatic heterocycles. The topological polar surface area (TPSA) is 153 Å². The SMILES string of the molecule is CC(N)C(=O)N(C(=O)OC(C)(C)C)[C@H](CCC(N)=O)C(=O)O. The lowest BCUT2D eigenvalue weighted by Crippen LogP contribution is -2.54. The highest BCUT2D eigenvalue weighted by atomic mass is 16.6. The average Bonchev–Trinajstić information content (AvgIpc) is 2.30. The number of imide groups is 1. The summed E-state index contributed by atoms with van der Waals surface area (Å²) in [6.45, 7) is 6.02. The minimum atomic E-state index is -1.58. The van der Waals surface area contributed by atoms with Crippen molar-refractivity contribution in [1.29, 1.82) is 0 Å². The van der Waals surface area contributed by atoms with Gasteiger partial charge in [-0.15, -0.1) is 0 Å². The van der Waals surface area contributed by atoms with Crippen LogP contribution >= 0.6 is 0 Å². The Balaban J connectivity index is 5.50. The van der Waals surface area contributed by atoms with Gasteiger partial charge < -0.3 is 21.3 Å². The summed E-state index contributed by atoms with van der Waals surface area (Å²) >= 11 is 0. The molecule has 0 bridgehead atoms. The molecule has 0 saturated carbocycles. The van der Waals surface area contributed by atoms with Gasteiger partial charge in [-0.05, 0) is 34.1 Å². The fraction of sp³-hybridized carbons (Fsp3) is 0.692. The van der Waals surface area contributed by atoms with Crippen LogP contribution < -0.4 is 11.5 Å². The van der Waals surface area contributed by atoms with Crippen LogP contribution in [0, 0.1) is 0 Å². The Kier molecular flexibility index (Phi) is 6.98. The minimum absolute atomic E-state index is 0.303. The number of hydrogen-bond acceptors (Lipinski definition) is 6. The molecule has 3 amide bonds. The van der Waals surface area contributed by atoms with Crippen LogP contribution in [0.25, 0.3) is 0 Å². The molecule has 22 heavy (non-hydrogen) atoms. The van der Waals surface area contributed by atoms with E-state index in [9.17, 15) is 24.3 Å². The first kappa shape index (κ1) is 19.8. The zero-order chi connectivity index (χ0) is 17.7. The predicted molar refractivity (Wildman–Crippen MR) is 76.6 cm³/mol. The maximum Gasteiger partial charge on any atom is 0.417 e. The second-order valence-electron chi connectivity index (χ2n) is 5.84. The number of nitrogens with zero attached hydrogens (tertiary/aromatic N) is 1. The number of carboxylic acid groups (broad SMARTS) is 1. The number of aliphatic carboxylic acids is 1. The first-order valence-electron chi connectivity index (χ1n) is 6.69. The second kappa shape index (κ2) is 7.74. The molecule has 9 heteroatoms. The summed E-state index contributed by atoms with van der Waals surface area (Å²) in [7, 11) is 0. The van der Waals surface area contributed by atoms with E-state index in [0.717, 1.165) is 0 Å². The molecule has 0 saturated heterocycles. The summed E-state index contributed by atoms with van der Waals surface area (Å²) in [5.74, 6) is -3.11. The van der Waals surface area contributed by atoms with Crippen molar-refractivity contribution < 1.29 is 29.0 Å². The van der Waals surface area contributed by atoms with Crippen LogP contribution in [0.2, 0.25) is 0 Å². The van der Waals surface area contributed by atoms with E-state index in [2.05, 4.69) is 0 Å². The number of hydrogen-bond donors (Lipinski definition) is 3. The van der Waals surface area contributed by atoms with Crippen molar-refractivity contribution in [1.82, 2.24) is 4.90 Å². The Morgan fingerprint density at radius 3 is 2.05 bits per heavy atom. The van der Waals surface area contributed by atoms with Gasteiger partial charge in [0.1, 0.15) is 11.6 Å². The Morgan fingerprint density at radius 1 is 1.23 bits per heavy atom. The summed E-state index contributed by atoms with van der Waals surface area (Å²) in [6, 6.07) is -2.69. The molecular weight excluding hydrogens is 294 g/mol. The number of primary amides is 1. The van der Waals surface area contributed by atoms with Crippen LogP contribution in [-0.2, 0) is 19.1 Å². The number of ether oxygens (including phenoxy) is 1. The van der Waals surface area contributed by atoms with E-state index >= 15 is 0 Å². The summed E-state index contributed by atoms with van der Waals surface area (Å²) in [4.78, 5) is 46.8. The molecule has 0 rings (SSSR count). The molecular formula is C13H23N3O6. The molecule has 0 aromatic carbocycles. The molecule has 0 fully saturated rings. The van der Waals surface area contributed by atoms with Crippen LogP contribution in [0.3, 0.4) is 0 Å². The maximum absolute atomic E-state index is 12.1. The number of amides is 3. The molecule has 0 spiro atoms. The Labute approximate surface area is 128 Å². The van der Waals surface area contributed by atoms with Gasteiger partial charge in [-0.3, -0.25) is 9.59 Å². The smallest absolute Gasteiger partial charge is 0.417 e. The Hall–Kier alpha value is -2.16. The van der Waals surface area contributed by atoms with Crippen molar-refractivity contribution in [3.05, 3.63) is 0 Å².